The molecule has 3 nitrogen and oxygen atoms in total. The molecular formula is C18H28N2O. The summed E-state index contributed by atoms with van der Waals surface area (Å²) in [6, 6.07) is 8.71. The zero-order valence-corrected chi connectivity index (χ0v) is 13.6. The van der Waals surface area contributed by atoms with Crippen molar-refractivity contribution in [3.63, 3.8) is 0 Å². The molecule has 0 saturated carbocycles. The smallest absolute Gasteiger partial charge is 0.220 e. The van der Waals surface area contributed by atoms with Crippen LogP contribution in [0.15, 0.2) is 24.3 Å². The molecule has 0 aromatic heterocycles. The van der Waals surface area contributed by atoms with Gasteiger partial charge in [0.15, 0.2) is 0 Å². The lowest BCUT2D eigenvalue weighted by atomic mass is 9.92. The van der Waals surface area contributed by atoms with Crippen LogP contribution in [-0.4, -0.2) is 30.4 Å². The van der Waals surface area contributed by atoms with Gasteiger partial charge in [0.2, 0.25) is 5.91 Å². The molecule has 1 aromatic rings. The number of fused-ring (bicyclic) bond motifs is 1. The number of amides is 1. The molecule has 2 rings (SSSR count). The summed E-state index contributed by atoms with van der Waals surface area (Å²) < 4.78 is 0. The van der Waals surface area contributed by atoms with Crippen LogP contribution in [0.3, 0.4) is 0 Å². The average Bonchev–Trinajstić information content (AvgIpc) is 2.41. The quantitative estimate of drug-likeness (QED) is 0.845. The Labute approximate surface area is 128 Å². The SMILES string of the molecule is CC(C)(C)CC(=O)NCCCN1CCc2ccccc2C1. The third-order valence-electron chi connectivity index (χ3n) is 3.87. The number of carbonyl (C=O) groups excluding carboxylic acids is 1. The van der Waals surface area contributed by atoms with Crippen LogP contribution in [0.4, 0.5) is 0 Å². The van der Waals surface area contributed by atoms with Gasteiger partial charge in [0, 0.05) is 32.6 Å². The van der Waals surface area contributed by atoms with Gasteiger partial charge in [0.1, 0.15) is 0 Å². The van der Waals surface area contributed by atoms with Crippen molar-refractivity contribution in [2.75, 3.05) is 19.6 Å². The minimum absolute atomic E-state index is 0.0701. The van der Waals surface area contributed by atoms with E-state index in [1.165, 1.54) is 11.1 Å². The Morgan fingerprint density at radius 3 is 2.67 bits per heavy atom. The monoisotopic (exact) mass is 288 g/mol. The second kappa shape index (κ2) is 7.08. The van der Waals surface area contributed by atoms with Crippen LogP contribution >= 0.6 is 0 Å². The lowest BCUT2D eigenvalue weighted by Gasteiger charge is -2.28. The standard InChI is InChI=1S/C18H28N2O/c1-18(2,3)13-17(21)19-10-6-11-20-12-9-15-7-4-5-8-16(15)14-20/h4-5,7-8H,6,9-14H2,1-3H3,(H,19,21). The first-order chi connectivity index (χ1) is 9.94. The Morgan fingerprint density at radius 2 is 1.95 bits per heavy atom. The number of carbonyl (C=O) groups is 1. The van der Waals surface area contributed by atoms with Crippen molar-refractivity contribution in [2.24, 2.45) is 5.41 Å². The number of nitrogens with one attached hydrogen (secondary N) is 1. The molecule has 3 heteroatoms. The van der Waals surface area contributed by atoms with Crippen molar-refractivity contribution in [3.05, 3.63) is 35.4 Å². The predicted octanol–water partition coefficient (Wildman–Crippen LogP) is 2.99. The highest BCUT2D eigenvalue weighted by molar-refractivity contribution is 5.76. The van der Waals surface area contributed by atoms with Gasteiger partial charge in [-0.1, -0.05) is 45.0 Å². The minimum atomic E-state index is 0.0701. The highest BCUT2D eigenvalue weighted by Crippen LogP contribution is 2.19. The van der Waals surface area contributed by atoms with Crippen molar-refractivity contribution >= 4 is 5.91 Å². The molecule has 1 aromatic carbocycles. The van der Waals surface area contributed by atoms with Gasteiger partial charge in [0.05, 0.1) is 0 Å². The van der Waals surface area contributed by atoms with Crippen LogP contribution in [0.1, 0.15) is 44.7 Å². The number of hydrogen-bond acceptors (Lipinski definition) is 2. The third kappa shape index (κ3) is 5.50. The molecule has 0 unspecified atom stereocenters. The summed E-state index contributed by atoms with van der Waals surface area (Å²) in [4.78, 5) is 14.2. The predicted molar refractivity (Wildman–Crippen MR) is 87.1 cm³/mol. The van der Waals surface area contributed by atoms with E-state index in [0.29, 0.717) is 6.42 Å². The van der Waals surface area contributed by atoms with E-state index in [9.17, 15) is 4.79 Å². The lowest BCUT2D eigenvalue weighted by molar-refractivity contribution is -0.122. The normalized spacial score (nSPS) is 15.6. The molecule has 116 valence electrons. The fourth-order valence-electron chi connectivity index (χ4n) is 2.82. The summed E-state index contributed by atoms with van der Waals surface area (Å²) in [5, 5.41) is 3.03. The summed E-state index contributed by atoms with van der Waals surface area (Å²) in [6.45, 7) is 10.3. The van der Waals surface area contributed by atoms with Crippen molar-refractivity contribution in [1.82, 2.24) is 10.2 Å². The van der Waals surface area contributed by atoms with E-state index in [1.807, 2.05) is 0 Å². The molecule has 0 radical (unpaired) electrons. The second-order valence-electron chi connectivity index (χ2n) is 7.24. The highest BCUT2D eigenvalue weighted by Gasteiger charge is 2.16. The molecule has 0 bridgehead atoms. The third-order valence-corrected chi connectivity index (χ3v) is 3.87. The fraction of sp³-hybridized carbons (Fsp3) is 0.611. The summed E-state index contributed by atoms with van der Waals surface area (Å²) >= 11 is 0. The van der Waals surface area contributed by atoms with E-state index in [1.54, 1.807) is 0 Å². The average molecular weight is 288 g/mol. The molecule has 21 heavy (non-hydrogen) atoms. The van der Waals surface area contributed by atoms with Crippen molar-refractivity contribution in [3.8, 4) is 0 Å². The highest BCUT2D eigenvalue weighted by atomic mass is 16.1. The van der Waals surface area contributed by atoms with E-state index in [4.69, 9.17) is 0 Å². The van der Waals surface area contributed by atoms with Crippen LogP contribution in [0.2, 0.25) is 0 Å². The Balaban J connectivity index is 1.65. The van der Waals surface area contributed by atoms with E-state index in [2.05, 4.69) is 55.3 Å². The Bertz CT molecular complexity index is 476. The Hall–Kier alpha value is -1.35. The van der Waals surface area contributed by atoms with Crippen LogP contribution in [0.25, 0.3) is 0 Å². The van der Waals surface area contributed by atoms with Gasteiger partial charge in [-0.15, -0.1) is 0 Å². The van der Waals surface area contributed by atoms with Crippen molar-refractivity contribution in [2.45, 2.75) is 46.6 Å². The van der Waals surface area contributed by atoms with Gasteiger partial charge < -0.3 is 5.32 Å². The largest absolute Gasteiger partial charge is 0.356 e. The maximum absolute atomic E-state index is 11.7. The van der Waals surface area contributed by atoms with Gasteiger partial charge in [-0.05, 0) is 29.4 Å². The fourth-order valence-corrected chi connectivity index (χ4v) is 2.82. The molecule has 0 saturated heterocycles. The minimum Gasteiger partial charge on any atom is -0.356 e. The summed E-state index contributed by atoms with van der Waals surface area (Å²) in [7, 11) is 0. The van der Waals surface area contributed by atoms with Crippen molar-refractivity contribution in [1.29, 1.82) is 0 Å². The van der Waals surface area contributed by atoms with Crippen molar-refractivity contribution < 1.29 is 4.79 Å². The zero-order chi connectivity index (χ0) is 15.3. The zero-order valence-electron chi connectivity index (χ0n) is 13.6. The van der Waals surface area contributed by atoms with Gasteiger partial charge in [0.25, 0.3) is 0 Å². The van der Waals surface area contributed by atoms with E-state index >= 15 is 0 Å². The summed E-state index contributed by atoms with van der Waals surface area (Å²) in [6.07, 6.45) is 2.77. The van der Waals surface area contributed by atoms with Gasteiger partial charge in [-0.2, -0.15) is 0 Å². The summed E-state index contributed by atoms with van der Waals surface area (Å²) in [5.41, 5.74) is 3.02. The first-order valence-electron chi connectivity index (χ1n) is 8.00. The van der Waals surface area contributed by atoms with Crippen LogP contribution in [0.5, 0.6) is 0 Å². The molecule has 1 aliphatic heterocycles. The van der Waals surface area contributed by atoms with E-state index in [0.717, 1.165) is 39.0 Å². The molecule has 0 fully saturated rings. The van der Waals surface area contributed by atoms with E-state index in [-0.39, 0.29) is 11.3 Å². The van der Waals surface area contributed by atoms with Gasteiger partial charge >= 0.3 is 0 Å². The van der Waals surface area contributed by atoms with Crippen LogP contribution in [0, 0.1) is 5.41 Å². The maximum Gasteiger partial charge on any atom is 0.220 e. The first-order valence-corrected chi connectivity index (χ1v) is 8.00. The molecule has 0 spiro atoms. The molecular weight excluding hydrogens is 260 g/mol. The lowest BCUT2D eigenvalue weighted by Crippen LogP contribution is -2.34. The summed E-state index contributed by atoms with van der Waals surface area (Å²) in [5.74, 6) is 0.173. The number of rotatable bonds is 5. The van der Waals surface area contributed by atoms with Gasteiger partial charge in [-0.3, -0.25) is 9.69 Å². The topological polar surface area (TPSA) is 32.3 Å². The van der Waals surface area contributed by atoms with Crippen LogP contribution < -0.4 is 5.32 Å². The molecule has 1 N–H and O–H groups in total. The van der Waals surface area contributed by atoms with E-state index < -0.39 is 0 Å². The second-order valence-corrected chi connectivity index (χ2v) is 7.24. The Morgan fingerprint density at radius 1 is 1.24 bits per heavy atom. The Kier molecular flexibility index (Phi) is 5.40. The number of benzene rings is 1. The molecule has 1 aliphatic rings. The molecule has 1 heterocycles. The maximum atomic E-state index is 11.7. The number of nitrogens with zero attached hydrogens (tertiary/aromatic N) is 1. The molecule has 1 amide bonds. The van der Waals surface area contributed by atoms with Gasteiger partial charge in [-0.25, -0.2) is 0 Å². The first kappa shape index (κ1) is 16.0. The number of hydrogen-bond donors (Lipinski definition) is 1. The molecule has 0 aliphatic carbocycles. The molecule has 0 atom stereocenters. The van der Waals surface area contributed by atoms with Crippen LogP contribution in [-0.2, 0) is 17.8 Å².